The summed E-state index contributed by atoms with van der Waals surface area (Å²) in [5, 5.41) is 0. The van der Waals surface area contributed by atoms with Crippen molar-refractivity contribution in [1.29, 1.82) is 0 Å². The van der Waals surface area contributed by atoms with Crippen LogP contribution in [0.2, 0.25) is 0 Å². The van der Waals surface area contributed by atoms with Gasteiger partial charge >= 0.3 is 0 Å². The van der Waals surface area contributed by atoms with E-state index in [1.165, 1.54) is 16.7 Å². The van der Waals surface area contributed by atoms with Gasteiger partial charge < -0.3 is 4.48 Å². The average molecular weight is 248 g/mol. The molecule has 0 aromatic heterocycles. The van der Waals surface area contributed by atoms with Gasteiger partial charge in [-0.1, -0.05) is 24.5 Å². The van der Waals surface area contributed by atoms with Crippen molar-refractivity contribution in [3.8, 4) is 11.8 Å². The molecule has 0 aliphatic rings. The maximum atomic E-state index is 3.21. The van der Waals surface area contributed by atoms with Crippen molar-refractivity contribution >= 4 is 0 Å². The van der Waals surface area contributed by atoms with E-state index in [4.69, 9.17) is 0 Å². The molecule has 0 heterocycles. The second-order valence-corrected chi connectivity index (χ2v) is 6.03. The monoisotopic (exact) mass is 248 g/mol. The molecule has 0 aromatic carbocycles. The van der Waals surface area contributed by atoms with Crippen LogP contribution >= 0.6 is 0 Å². The normalized spacial score (nSPS) is 13.8. The standard InChI is InChI=1S/C17H30N/c1-8-11-17(9-2)16(4)13-10-12-15(3)14-18(5,6)7/h12H,9-10,13-14H2,1-7H3/q+1. The summed E-state index contributed by atoms with van der Waals surface area (Å²) in [5.41, 5.74) is 4.24. The molecule has 0 atom stereocenters. The van der Waals surface area contributed by atoms with E-state index in [1.807, 2.05) is 6.92 Å². The highest BCUT2D eigenvalue weighted by atomic mass is 15.3. The maximum Gasteiger partial charge on any atom is 0.0994 e. The summed E-state index contributed by atoms with van der Waals surface area (Å²) in [5.74, 6) is 6.22. The summed E-state index contributed by atoms with van der Waals surface area (Å²) in [6.07, 6.45) is 5.69. The lowest BCUT2D eigenvalue weighted by Crippen LogP contribution is -2.35. The van der Waals surface area contributed by atoms with Crippen LogP contribution in [-0.4, -0.2) is 32.2 Å². The summed E-state index contributed by atoms with van der Waals surface area (Å²) in [6, 6.07) is 0. The molecule has 102 valence electrons. The third-order valence-electron chi connectivity index (χ3n) is 2.88. The highest BCUT2D eigenvalue weighted by molar-refractivity contribution is 5.32. The fraction of sp³-hybridized carbons (Fsp3) is 0.647. The quantitative estimate of drug-likeness (QED) is 0.376. The van der Waals surface area contributed by atoms with Crippen LogP contribution in [0.25, 0.3) is 0 Å². The van der Waals surface area contributed by atoms with Gasteiger partial charge in [0.25, 0.3) is 0 Å². The van der Waals surface area contributed by atoms with Crippen LogP contribution in [0.3, 0.4) is 0 Å². The van der Waals surface area contributed by atoms with Crippen molar-refractivity contribution in [2.45, 2.75) is 47.0 Å². The van der Waals surface area contributed by atoms with Crippen molar-refractivity contribution in [1.82, 2.24) is 0 Å². The van der Waals surface area contributed by atoms with E-state index < -0.39 is 0 Å². The maximum absolute atomic E-state index is 3.21. The molecule has 1 heteroatoms. The molecular weight excluding hydrogens is 218 g/mol. The third-order valence-corrected chi connectivity index (χ3v) is 2.88. The van der Waals surface area contributed by atoms with Crippen molar-refractivity contribution in [2.75, 3.05) is 27.7 Å². The Hall–Kier alpha value is -1.00. The lowest BCUT2D eigenvalue weighted by molar-refractivity contribution is -0.865. The SMILES string of the molecule is CC#CC(CC)=C(C)CCC=C(C)C[N+](C)(C)C. The van der Waals surface area contributed by atoms with Crippen LogP contribution in [0, 0.1) is 11.8 Å². The Kier molecular flexibility index (Phi) is 7.71. The van der Waals surface area contributed by atoms with E-state index in [0.717, 1.165) is 30.3 Å². The van der Waals surface area contributed by atoms with Crippen molar-refractivity contribution in [3.63, 3.8) is 0 Å². The number of hydrogen-bond acceptors (Lipinski definition) is 0. The largest absolute Gasteiger partial charge is 0.327 e. The Morgan fingerprint density at radius 2 is 1.78 bits per heavy atom. The van der Waals surface area contributed by atoms with E-state index in [9.17, 15) is 0 Å². The second-order valence-electron chi connectivity index (χ2n) is 6.03. The van der Waals surface area contributed by atoms with Gasteiger partial charge in [-0.25, -0.2) is 0 Å². The van der Waals surface area contributed by atoms with E-state index in [0.29, 0.717) is 0 Å². The molecule has 0 N–H and O–H groups in total. The Bertz CT molecular complexity index is 367. The molecule has 0 aromatic rings. The first kappa shape index (κ1) is 17.0. The lowest BCUT2D eigenvalue weighted by Gasteiger charge is -2.24. The van der Waals surface area contributed by atoms with Crippen LogP contribution in [0.4, 0.5) is 0 Å². The van der Waals surface area contributed by atoms with E-state index in [-0.39, 0.29) is 0 Å². The van der Waals surface area contributed by atoms with Crippen LogP contribution < -0.4 is 0 Å². The molecule has 0 bridgehead atoms. The molecular formula is C17H30N+. The zero-order valence-corrected chi connectivity index (χ0v) is 13.4. The van der Waals surface area contributed by atoms with Crippen LogP contribution in [0.1, 0.15) is 47.0 Å². The Morgan fingerprint density at radius 1 is 1.17 bits per heavy atom. The number of likely N-dealkylation sites (N-methyl/N-ethyl adjacent to an activating group) is 1. The lowest BCUT2D eigenvalue weighted by atomic mass is 10.0. The van der Waals surface area contributed by atoms with Gasteiger partial charge in [-0.2, -0.15) is 0 Å². The number of allylic oxidation sites excluding steroid dienone is 3. The molecule has 0 saturated heterocycles. The molecule has 0 aliphatic heterocycles. The highest BCUT2D eigenvalue weighted by Crippen LogP contribution is 2.14. The fourth-order valence-corrected chi connectivity index (χ4v) is 2.15. The predicted octanol–water partition coefficient (Wildman–Crippen LogP) is 4.17. The topological polar surface area (TPSA) is 0 Å². The Labute approximate surface area is 114 Å². The van der Waals surface area contributed by atoms with Gasteiger partial charge in [0.1, 0.15) is 0 Å². The predicted molar refractivity (Wildman–Crippen MR) is 82.3 cm³/mol. The van der Waals surface area contributed by atoms with Crippen molar-refractivity contribution in [3.05, 3.63) is 22.8 Å². The van der Waals surface area contributed by atoms with E-state index >= 15 is 0 Å². The van der Waals surface area contributed by atoms with Gasteiger partial charge in [0.2, 0.25) is 0 Å². The third kappa shape index (κ3) is 8.14. The summed E-state index contributed by atoms with van der Waals surface area (Å²) in [4.78, 5) is 0. The van der Waals surface area contributed by atoms with Gasteiger partial charge in [-0.05, 0) is 45.6 Å². The van der Waals surface area contributed by atoms with E-state index in [2.05, 4.69) is 59.8 Å². The molecule has 0 unspecified atom stereocenters. The minimum absolute atomic E-state index is 0.999. The fourth-order valence-electron chi connectivity index (χ4n) is 2.15. The van der Waals surface area contributed by atoms with Crippen molar-refractivity contribution in [2.24, 2.45) is 0 Å². The molecule has 0 spiro atoms. The van der Waals surface area contributed by atoms with Crippen LogP contribution in [0.5, 0.6) is 0 Å². The number of nitrogens with zero attached hydrogens (tertiary/aromatic N) is 1. The Balaban J connectivity index is 4.40. The summed E-state index contributed by atoms with van der Waals surface area (Å²) in [7, 11) is 6.69. The van der Waals surface area contributed by atoms with Crippen molar-refractivity contribution < 1.29 is 4.48 Å². The molecule has 1 nitrogen and oxygen atoms in total. The zero-order valence-electron chi connectivity index (χ0n) is 13.4. The molecule has 0 aliphatic carbocycles. The molecule has 0 radical (unpaired) electrons. The average Bonchev–Trinajstić information content (AvgIpc) is 2.23. The molecule has 0 rings (SSSR count). The minimum atomic E-state index is 0.999. The van der Waals surface area contributed by atoms with E-state index in [1.54, 1.807) is 0 Å². The van der Waals surface area contributed by atoms with Gasteiger partial charge in [0.15, 0.2) is 0 Å². The zero-order chi connectivity index (χ0) is 14.2. The first-order chi connectivity index (χ1) is 8.30. The number of rotatable bonds is 6. The second kappa shape index (κ2) is 8.16. The number of quaternary nitrogens is 1. The highest BCUT2D eigenvalue weighted by Gasteiger charge is 2.06. The number of hydrogen-bond donors (Lipinski definition) is 0. The Morgan fingerprint density at radius 3 is 2.22 bits per heavy atom. The summed E-state index contributed by atoms with van der Waals surface area (Å²) < 4.78 is 0.999. The first-order valence-electron chi connectivity index (χ1n) is 6.87. The molecule has 0 fully saturated rings. The molecule has 18 heavy (non-hydrogen) atoms. The van der Waals surface area contributed by atoms with Gasteiger partial charge in [-0.3, -0.25) is 0 Å². The minimum Gasteiger partial charge on any atom is -0.327 e. The first-order valence-corrected chi connectivity index (χ1v) is 6.87. The molecule has 0 saturated carbocycles. The molecule has 0 amide bonds. The smallest absolute Gasteiger partial charge is 0.0994 e. The summed E-state index contributed by atoms with van der Waals surface area (Å²) >= 11 is 0. The van der Waals surface area contributed by atoms with Crippen LogP contribution in [-0.2, 0) is 0 Å². The van der Waals surface area contributed by atoms with Crippen LogP contribution in [0.15, 0.2) is 22.8 Å². The van der Waals surface area contributed by atoms with Gasteiger partial charge in [0, 0.05) is 5.57 Å². The van der Waals surface area contributed by atoms with Gasteiger partial charge in [-0.15, -0.1) is 5.92 Å². The van der Waals surface area contributed by atoms with Gasteiger partial charge in [0.05, 0.1) is 27.7 Å². The summed E-state index contributed by atoms with van der Waals surface area (Å²) in [6.45, 7) is 9.66.